The molecule has 3 aromatic rings. The molecule has 0 radical (unpaired) electrons. The summed E-state index contributed by atoms with van der Waals surface area (Å²) >= 11 is 0. The van der Waals surface area contributed by atoms with Gasteiger partial charge in [0.1, 0.15) is 6.54 Å². The summed E-state index contributed by atoms with van der Waals surface area (Å²) in [6.07, 6.45) is 1.52. The molecule has 2 aromatic carbocycles. The Balaban J connectivity index is 1.65. The highest BCUT2D eigenvalue weighted by Crippen LogP contribution is 2.19. The Morgan fingerprint density at radius 1 is 1.11 bits per heavy atom. The van der Waals surface area contributed by atoms with Gasteiger partial charge in [-0.05, 0) is 23.8 Å². The van der Waals surface area contributed by atoms with E-state index in [4.69, 9.17) is 4.42 Å². The SMILES string of the molecule is O=C(Cn1c(=O)oc2ccccc21)N(Cc1ccccc1)[C@@H]1C=CS(=O)(=O)C1. The lowest BCUT2D eigenvalue weighted by atomic mass is 10.1. The molecule has 0 aliphatic carbocycles. The normalized spacial score (nSPS) is 17.8. The maximum absolute atomic E-state index is 13.1. The van der Waals surface area contributed by atoms with Crippen molar-refractivity contribution in [3.05, 3.63) is 82.2 Å². The maximum atomic E-state index is 13.1. The quantitative estimate of drug-likeness (QED) is 0.655. The van der Waals surface area contributed by atoms with E-state index in [0.29, 0.717) is 11.1 Å². The summed E-state index contributed by atoms with van der Waals surface area (Å²) < 4.78 is 30.2. The molecule has 1 amide bonds. The summed E-state index contributed by atoms with van der Waals surface area (Å²) in [4.78, 5) is 26.8. The molecule has 1 aliphatic rings. The van der Waals surface area contributed by atoms with Crippen LogP contribution in [-0.4, -0.2) is 35.6 Å². The summed E-state index contributed by atoms with van der Waals surface area (Å²) in [6, 6.07) is 15.6. The van der Waals surface area contributed by atoms with Crippen molar-refractivity contribution in [1.29, 1.82) is 0 Å². The van der Waals surface area contributed by atoms with E-state index in [1.807, 2.05) is 30.3 Å². The molecule has 0 spiro atoms. The zero-order chi connectivity index (χ0) is 19.7. The van der Waals surface area contributed by atoms with E-state index in [0.717, 1.165) is 11.0 Å². The summed E-state index contributed by atoms with van der Waals surface area (Å²) in [5.41, 5.74) is 1.80. The van der Waals surface area contributed by atoms with E-state index in [9.17, 15) is 18.0 Å². The molecule has 1 atom stereocenters. The smallest absolute Gasteiger partial charge is 0.408 e. The van der Waals surface area contributed by atoms with Gasteiger partial charge in [-0.15, -0.1) is 0 Å². The second-order valence-corrected chi connectivity index (χ2v) is 8.59. The van der Waals surface area contributed by atoms with Gasteiger partial charge in [-0.3, -0.25) is 9.36 Å². The molecule has 0 saturated carbocycles. The lowest BCUT2D eigenvalue weighted by molar-refractivity contribution is -0.133. The first-order chi connectivity index (χ1) is 13.4. The Morgan fingerprint density at radius 2 is 1.82 bits per heavy atom. The van der Waals surface area contributed by atoms with E-state index in [2.05, 4.69) is 0 Å². The van der Waals surface area contributed by atoms with Gasteiger partial charge in [0.2, 0.25) is 5.91 Å². The van der Waals surface area contributed by atoms with Crippen LogP contribution in [0.1, 0.15) is 5.56 Å². The lowest BCUT2D eigenvalue weighted by Crippen LogP contribution is -2.43. The van der Waals surface area contributed by atoms with Crippen molar-refractivity contribution in [1.82, 2.24) is 9.47 Å². The van der Waals surface area contributed by atoms with Crippen LogP contribution in [0.15, 0.2) is 75.3 Å². The number of rotatable bonds is 5. The van der Waals surface area contributed by atoms with Gasteiger partial charge in [0.15, 0.2) is 15.4 Å². The Labute approximate surface area is 161 Å². The van der Waals surface area contributed by atoms with Gasteiger partial charge in [0, 0.05) is 12.0 Å². The number of para-hydroxylation sites is 2. The van der Waals surface area contributed by atoms with E-state index >= 15 is 0 Å². The van der Waals surface area contributed by atoms with Crippen LogP contribution in [0.4, 0.5) is 0 Å². The Bertz CT molecular complexity index is 1210. The van der Waals surface area contributed by atoms with Crippen LogP contribution in [-0.2, 0) is 27.7 Å². The van der Waals surface area contributed by atoms with E-state index in [1.165, 1.54) is 15.5 Å². The topological polar surface area (TPSA) is 89.6 Å². The summed E-state index contributed by atoms with van der Waals surface area (Å²) in [7, 11) is -3.33. The van der Waals surface area contributed by atoms with Gasteiger partial charge in [0.25, 0.3) is 0 Å². The summed E-state index contributed by atoms with van der Waals surface area (Å²) in [5, 5.41) is 1.14. The molecule has 144 valence electrons. The second-order valence-electron chi connectivity index (χ2n) is 6.65. The molecule has 0 unspecified atom stereocenters. The van der Waals surface area contributed by atoms with Crippen LogP contribution in [0, 0.1) is 0 Å². The van der Waals surface area contributed by atoms with E-state index in [-0.39, 0.29) is 24.7 Å². The van der Waals surface area contributed by atoms with E-state index < -0.39 is 21.6 Å². The van der Waals surface area contributed by atoms with Gasteiger partial charge < -0.3 is 9.32 Å². The fourth-order valence-corrected chi connectivity index (χ4v) is 4.61. The van der Waals surface area contributed by atoms with Gasteiger partial charge in [0.05, 0.1) is 17.3 Å². The number of carbonyl (C=O) groups is 1. The number of carbonyl (C=O) groups excluding carboxylic acids is 1. The number of aromatic nitrogens is 1. The van der Waals surface area contributed by atoms with Crippen molar-refractivity contribution in [2.75, 3.05) is 5.75 Å². The van der Waals surface area contributed by atoms with Crippen LogP contribution in [0.2, 0.25) is 0 Å². The number of sulfone groups is 1. The number of fused-ring (bicyclic) bond motifs is 1. The van der Waals surface area contributed by atoms with Crippen LogP contribution in [0.5, 0.6) is 0 Å². The van der Waals surface area contributed by atoms with Crippen molar-refractivity contribution < 1.29 is 17.6 Å². The highest BCUT2D eigenvalue weighted by Gasteiger charge is 2.31. The molecule has 1 aromatic heterocycles. The Kier molecular flexibility index (Phi) is 4.64. The first-order valence-corrected chi connectivity index (χ1v) is 10.5. The molecule has 8 heteroatoms. The van der Waals surface area contributed by atoms with Crippen molar-refractivity contribution in [2.45, 2.75) is 19.1 Å². The molecule has 0 fully saturated rings. The average molecular weight is 398 g/mol. The number of nitrogens with zero attached hydrogens (tertiary/aromatic N) is 2. The fraction of sp³-hybridized carbons (Fsp3) is 0.200. The molecular formula is C20H18N2O5S. The largest absolute Gasteiger partial charge is 0.420 e. The Morgan fingerprint density at radius 3 is 2.54 bits per heavy atom. The van der Waals surface area contributed by atoms with Crippen molar-refractivity contribution in [3.63, 3.8) is 0 Å². The first kappa shape index (κ1) is 18.2. The van der Waals surface area contributed by atoms with Crippen molar-refractivity contribution in [3.8, 4) is 0 Å². The highest BCUT2D eigenvalue weighted by atomic mass is 32.2. The third-order valence-electron chi connectivity index (χ3n) is 4.69. The van der Waals surface area contributed by atoms with Gasteiger partial charge >= 0.3 is 5.76 Å². The van der Waals surface area contributed by atoms with Gasteiger partial charge in [-0.2, -0.15) is 0 Å². The summed E-state index contributed by atoms with van der Waals surface area (Å²) in [6.45, 7) is 0.0157. The zero-order valence-corrected chi connectivity index (χ0v) is 15.7. The highest BCUT2D eigenvalue weighted by molar-refractivity contribution is 7.94. The molecule has 0 saturated heterocycles. The molecule has 4 rings (SSSR count). The second kappa shape index (κ2) is 7.12. The van der Waals surface area contributed by atoms with Crippen LogP contribution < -0.4 is 5.76 Å². The number of oxazole rings is 1. The lowest BCUT2D eigenvalue weighted by Gasteiger charge is -2.27. The number of hydrogen-bond donors (Lipinski definition) is 0. The summed E-state index contributed by atoms with van der Waals surface area (Å²) in [5.74, 6) is -1.14. The molecule has 2 heterocycles. The van der Waals surface area contributed by atoms with Gasteiger partial charge in [-0.1, -0.05) is 42.5 Å². The predicted octanol–water partition coefficient (Wildman–Crippen LogP) is 1.93. The fourth-order valence-electron chi connectivity index (χ4n) is 3.31. The first-order valence-electron chi connectivity index (χ1n) is 8.76. The third-order valence-corrected chi connectivity index (χ3v) is 6.07. The molecule has 0 N–H and O–H groups in total. The molecule has 7 nitrogen and oxygen atoms in total. The van der Waals surface area contributed by atoms with Crippen LogP contribution in [0.3, 0.4) is 0 Å². The number of amides is 1. The number of hydrogen-bond acceptors (Lipinski definition) is 5. The van der Waals surface area contributed by atoms with Crippen molar-refractivity contribution in [2.24, 2.45) is 0 Å². The minimum absolute atomic E-state index is 0.160. The van der Waals surface area contributed by atoms with Crippen LogP contribution >= 0.6 is 0 Å². The standard InChI is InChI=1S/C20H18N2O5S/c23-19(13-22-17-8-4-5-9-18(17)27-20(22)24)21(12-15-6-2-1-3-7-15)16-10-11-28(25,26)14-16/h1-11,16H,12-14H2/t16-/m1/s1. The molecule has 0 bridgehead atoms. The predicted molar refractivity (Wildman–Crippen MR) is 104 cm³/mol. The molecular weight excluding hydrogens is 380 g/mol. The molecule has 28 heavy (non-hydrogen) atoms. The average Bonchev–Trinajstić information content (AvgIpc) is 3.19. The third kappa shape index (κ3) is 3.63. The zero-order valence-electron chi connectivity index (χ0n) is 14.9. The van der Waals surface area contributed by atoms with Gasteiger partial charge in [-0.25, -0.2) is 13.2 Å². The number of benzene rings is 2. The maximum Gasteiger partial charge on any atom is 0.420 e. The minimum atomic E-state index is -3.33. The van der Waals surface area contributed by atoms with Crippen molar-refractivity contribution >= 4 is 26.8 Å². The monoisotopic (exact) mass is 398 g/mol. The van der Waals surface area contributed by atoms with E-state index in [1.54, 1.807) is 24.3 Å². The minimum Gasteiger partial charge on any atom is -0.408 e. The Hall–Kier alpha value is -3.13. The van der Waals surface area contributed by atoms with Crippen LogP contribution in [0.25, 0.3) is 11.1 Å². The molecule has 1 aliphatic heterocycles.